The number of para-hydroxylation sites is 1. The third kappa shape index (κ3) is 3.80. The van der Waals surface area contributed by atoms with Crippen molar-refractivity contribution in [1.82, 2.24) is 15.6 Å². The van der Waals surface area contributed by atoms with E-state index in [9.17, 15) is 14.9 Å². The number of non-ortho nitro benzene ring substituents is 1. The van der Waals surface area contributed by atoms with Gasteiger partial charge in [0.25, 0.3) is 11.6 Å². The lowest BCUT2D eigenvalue weighted by atomic mass is 9.95. The van der Waals surface area contributed by atoms with E-state index in [1.807, 2.05) is 24.3 Å². The average molecular weight is 425 g/mol. The third-order valence-corrected chi connectivity index (χ3v) is 5.64. The first-order chi connectivity index (χ1) is 13.9. The highest BCUT2D eigenvalue weighted by Crippen LogP contribution is 2.31. The summed E-state index contributed by atoms with van der Waals surface area (Å²) >= 11 is 6.62. The van der Waals surface area contributed by atoms with E-state index in [1.54, 1.807) is 19.1 Å². The first-order valence-corrected chi connectivity index (χ1v) is 9.84. The normalized spacial score (nSPS) is 16.3. The maximum atomic E-state index is 13.1. The van der Waals surface area contributed by atoms with Crippen LogP contribution in [0.5, 0.6) is 0 Å². The molecule has 1 amide bonds. The van der Waals surface area contributed by atoms with Gasteiger partial charge in [-0.15, -0.1) is 0 Å². The molecule has 0 radical (unpaired) electrons. The van der Waals surface area contributed by atoms with Crippen LogP contribution in [-0.2, 0) is 4.79 Å². The zero-order valence-corrected chi connectivity index (χ0v) is 16.8. The summed E-state index contributed by atoms with van der Waals surface area (Å²) in [6.07, 6.45) is 0. The largest absolute Gasteiger partial charge is 0.351 e. The standard InChI is InChI=1S/C19H15N5O3S2/c1-10-15(17(25)23-19-21-13-4-2-3-5-14(13)29-19)16(22-18(28)20-10)11-6-8-12(9-7-11)24(26)27/h2-9,16H,1H3,(H2,20,22,28)(H,21,23,25). The number of carbonyl (C=O) groups excluding carboxylic acids is 1. The molecule has 3 aromatic rings. The fourth-order valence-corrected chi connectivity index (χ4v) is 4.26. The Kier molecular flexibility index (Phi) is 4.95. The van der Waals surface area contributed by atoms with E-state index in [0.29, 0.717) is 27.1 Å². The number of amides is 1. The van der Waals surface area contributed by atoms with Crippen molar-refractivity contribution >= 4 is 55.6 Å². The van der Waals surface area contributed by atoms with Crippen LogP contribution in [-0.4, -0.2) is 20.9 Å². The van der Waals surface area contributed by atoms with E-state index in [-0.39, 0.29) is 11.6 Å². The van der Waals surface area contributed by atoms with Crippen LogP contribution in [0.15, 0.2) is 59.8 Å². The number of hydrogen-bond acceptors (Lipinski definition) is 6. The Morgan fingerprint density at radius 1 is 1.24 bits per heavy atom. The summed E-state index contributed by atoms with van der Waals surface area (Å²) in [5, 5.41) is 20.7. The molecule has 0 aliphatic carbocycles. The van der Waals surface area contributed by atoms with Gasteiger partial charge in [-0.1, -0.05) is 23.5 Å². The topological polar surface area (TPSA) is 109 Å². The number of nitrogens with one attached hydrogen (secondary N) is 3. The molecule has 0 fully saturated rings. The number of nitro benzene ring substituents is 1. The summed E-state index contributed by atoms with van der Waals surface area (Å²) in [6, 6.07) is 13.1. The van der Waals surface area contributed by atoms with Gasteiger partial charge in [0.05, 0.1) is 26.8 Å². The number of aromatic nitrogens is 1. The zero-order chi connectivity index (χ0) is 20.5. The van der Waals surface area contributed by atoms with E-state index in [4.69, 9.17) is 12.2 Å². The molecule has 146 valence electrons. The second-order valence-corrected chi connectivity index (χ2v) is 7.80. The van der Waals surface area contributed by atoms with Crippen molar-refractivity contribution < 1.29 is 9.72 Å². The molecule has 2 aromatic carbocycles. The van der Waals surface area contributed by atoms with E-state index in [0.717, 1.165) is 10.2 Å². The second kappa shape index (κ2) is 7.57. The Labute approximate surface area is 174 Å². The van der Waals surface area contributed by atoms with Crippen molar-refractivity contribution in [1.29, 1.82) is 0 Å². The van der Waals surface area contributed by atoms with Crippen LogP contribution in [0.25, 0.3) is 10.2 Å². The molecule has 3 N–H and O–H groups in total. The molecule has 1 unspecified atom stereocenters. The van der Waals surface area contributed by atoms with Gasteiger partial charge in [-0.2, -0.15) is 0 Å². The molecule has 2 heterocycles. The monoisotopic (exact) mass is 425 g/mol. The smallest absolute Gasteiger partial charge is 0.269 e. The van der Waals surface area contributed by atoms with Crippen molar-refractivity contribution in [2.45, 2.75) is 13.0 Å². The van der Waals surface area contributed by atoms with Gasteiger partial charge in [-0.25, -0.2) is 4.98 Å². The molecule has 1 aliphatic heterocycles. The summed E-state index contributed by atoms with van der Waals surface area (Å²) in [7, 11) is 0. The van der Waals surface area contributed by atoms with Crippen molar-refractivity contribution in [2.75, 3.05) is 5.32 Å². The molecule has 29 heavy (non-hydrogen) atoms. The van der Waals surface area contributed by atoms with Gasteiger partial charge in [-0.3, -0.25) is 20.2 Å². The Morgan fingerprint density at radius 2 is 1.97 bits per heavy atom. The highest BCUT2D eigenvalue weighted by atomic mass is 32.1. The number of nitrogens with zero attached hydrogens (tertiary/aromatic N) is 2. The highest BCUT2D eigenvalue weighted by molar-refractivity contribution is 7.80. The van der Waals surface area contributed by atoms with Gasteiger partial charge in [0.15, 0.2) is 10.2 Å². The van der Waals surface area contributed by atoms with Crippen LogP contribution >= 0.6 is 23.6 Å². The lowest BCUT2D eigenvalue weighted by Crippen LogP contribution is -2.45. The molecule has 1 atom stereocenters. The number of thiazole rings is 1. The Hall–Kier alpha value is -3.37. The predicted molar refractivity (Wildman–Crippen MR) is 116 cm³/mol. The number of hydrogen-bond donors (Lipinski definition) is 3. The van der Waals surface area contributed by atoms with Crippen molar-refractivity contribution in [3.63, 3.8) is 0 Å². The minimum absolute atomic E-state index is 0.0218. The first-order valence-electron chi connectivity index (χ1n) is 8.62. The molecule has 0 saturated heterocycles. The third-order valence-electron chi connectivity index (χ3n) is 4.47. The number of rotatable bonds is 4. The number of thiocarbonyl (C=S) groups is 1. The molecule has 8 nitrogen and oxygen atoms in total. The second-order valence-electron chi connectivity index (χ2n) is 6.36. The lowest BCUT2D eigenvalue weighted by molar-refractivity contribution is -0.384. The fourth-order valence-electron chi connectivity index (χ4n) is 3.12. The number of benzene rings is 2. The summed E-state index contributed by atoms with van der Waals surface area (Å²) in [5.74, 6) is -0.326. The summed E-state index contributed by atoms with van der Waals surface area (Å²) in [4.78, 5) is 28.0. The van der Waals surface area contributed by atoms with Gasteiger partial charge in [0.1, 0.15) is 0 Å². The molecule has 0 spiro atoms. The summed E-state index contributed by atoms with van der Waals surface area (Å²) in [6.45, 7) is 1.76. The number of carbonyl (C=O) groups is 1. The number of allylic oxidation sites excluding steroid dienone is 1. The summed E-state index contributed by atoms with van der Waals surface area (Å²) in [5.41, 5.74) is 2.52. The van der Waals surface area contributed by atoms with Crippen LogP contribution in [0.2, 0.25) is 0 Å². The average Bonchev–Trinajstić information content (AvgIpc) is 3.09. The van der Waals surface area contributed by atoms with E-state index >= 15 is 0 Å². The van der Waals surface area contributed by atoms with E-state index in [2.05, 4.69) is 20.9 Å². The van der Waals surface area contributed by atoms with Crippen LogP contribution in [0.1, 0.15) is 18.5 Å². The Bertz CT molecular complexity index is 1140. The maximum Gasteiger partial charge on any atom is 0.269 e. The van der Waals surface area contributed by atoms with Gasteiger partial charge in [-0.05, 0) is 49.0 Å². The van der Waals surface area contributed by atoms with Crippen LogP contribution in [0.4, 0.5) is 10.8 Å². The molecule has 1 aliphatic rings. The van der Waals surface area contributed by atoms with Crippen LogP contribution in [0, 0.1) is 10.1 Å². The zero-order valence-electron chi connectivity index (χ0n) is 15.1. The Morgan fingerprint density at radius 3 is 2.66 bits per heavy atom. The van der Waals surface area contributed by atoms with E-state index < -0.39 is 11.0 Å². The highest BCUT2D eigenvalue weighted by Gasteiger charge is 2.30. The molecule has 4 rings (SSSR count). The lowest BCUT2D eigenvalue weighted by Gasteiger charge is -2.30. The van der Waals surface area contributed by atoms with E-state index in [1.165, 1.54) is 23.5 Å². The molecule has 0 saturated carbocycles. The van der Waals surface area contributed by atoms with Gasteiger partial charge < -0.3 is 10.6 Å². The van der Waals surface area contributed by atoms with Gasteiger partial charge >= 0.3 is 0 Å². The predicted octanol–water partition coefficient (Wildman–Crippen LogP) is 3.64. The SMILES string of the molecule is CC1=C(C(=O)Nc2nc3ccccc3s2)C(c2ccc([N+](=O)[O-])cc2)NC(=S)N1. The van der Waals surface area contributed by atoms with Crippen LogP contribution in [0.3, 0.4) is 0 Å². The summed E-state index contributed by atoms with van der Waals surface area (Å²) < 4.78 is 0.974. The molecular weight excluding hydrogens is 410 g/mol. The number of anilines is 1. The molecule has 10 heteroatoms. The molecule has 1 aromatic heterocycles. The van der Waals surface area contributed by atoms with Crippen molar-refractivity contribution in [3.05, 3.63) is 75.5 Å². The maximum absolute atomic E-state index is 13.1. The van der Waals surface area contributed by atoms with Gasteiger partial charge in [0.2, 0.25) is 0 Å². The minimum atomic E-state index is -0.543. The van der Waals surface area contributed by atoms with Crippen molar-refractivity contribution in [2.24, 2.45) is 0 Å². The van der Waals surface area contributed by atoms with Crippen LogP contribution < -0.4 is 16.0 Å². The Balaban J connectivity index is 1.66. The fraction of sp³-hybridized carbons (Fsp3) is 0.105. The molecule has 0 bridgehead atoms. The minimum Gasteiger partial charge on any atom is -0.351 e. The number of nitro groups is 1. The van der Waals surface area contributed by atoms with Gasteiger partial charge in [0, 0.05) is 17.8 Å². The first kappa shape index (κ1) is 19.0. The number of fused-ring (bicyclic) bond motifs is 1. The quantitative estimate of drug-likeness (QED) is 0.333. The van der Waals surface area contributed by atoms with Crippen molar-refractivity contribution in [3.8, 4) is 0 Å². The molecular formula is C19H15N5O3S2.